The van der Waals surface area contributed by atoms with Gasteiger partial charge in [-0.3, -0.25) is 0 Å². The molecule has 0 unspecified atom stereocenters. The molecular weight excluding hydrogens is 238 g/mol. The van der Waals surface area contributed by atoms with Crippen molar-refractivity contribution < 1.29 is 8.78 Å². The van der Waals surface area contributed by atoms with Gasteiger partial charge in [0.1, 0.15) is 29.1 Å². The average molecular weight is 250 g/mol. The zero-order valence-electron chi connectivity index (χ0n) is 9.96. The molecule has 4 nitrogen and oxygen atoms in total. The fourth-order valence-electron chi connectivity index (χ4n) is 1.53. The van der Waals surface area contributed by atoms with E-state index in [0.717, 1.165) is 6.07 Å². The lowest BCUT2D eigenvalue weighted by Gasteiger charge is -2.08. The van der Waals surface area contributed by atoms with Gasteiger partial charge in [0, 0.05) is 24.9 Å². The molecule has 94 valence electrons. The van der Waals surface area contributed by atoms with Crippen LogP contribution in [0.2, 0.25) is 0 Å². The Morgan fingerprint density at radius 1 is 0.944 bits per heavy atom. The number of hydrogen-bond acceptors (Lipinski definition) is 4. The third kappa shape index (κ3) is 2.91. The molecule has 1 aromatic heterocycles. The Hall–Kier alpha value is -2.24. The standard InChI is InChI=1S/C12H12F2N4/c1-7-16-11(15-2)6-12(17-7)18-10-4-8(13)3-9(14)5-10/h3-6H,1-2H3,(H2,15,16,17,18). The smallest absolute Gasteiger partial charge is 0.136 e. The molecule has 6 heteroatoms. The van der Waals surface area contributed by atoms with Gasteiger partial charge in [-0.05, 0) is 19.1 Å². The van der Waals surface area contributed by atoms with Crippen molar-refractivity contribution in [2.24, 2.45) is 0 Å². The molecule has 0 spiro atoms. The number of halogens is 2. The largest absolute Gasteiger partial charge is 0.373 e. The third-order valence-corrected chi connectivity index (χ3v) is 2.23. The molecule has 0 radical (unpaired) electrons. The van der Waals surface area contributed by atoms with Crippen LogP contribution in [0.1, 0.15) is 5.82 Å². The van der Waals surface area contributed by atoms with Crippen LogP contribution in [0.3, 0.4) is 0 Å². The highest BCUT2D eigenvalue weighted by molar-refractivity contribution is 5.59. The summed E-state index contributed by atoms with van der Waals surface area (Å²) in [4.78, 5) is 8.25. The van der Waals surface area contributed by atoms with Crippen LogP contribution < -0.4 is 10.6 Å². The van der Waals surface area contributed by atoms with E-state index < -0.39 is 11.6 Å². The fourth-order valence-corrected chi connectivity index (χ4v) is 1.53. The molecule has 2 aromatic rings. The van der Waals surface area contributed by atoms with Crippen molar-refractivity contribution in [2.45, 2.75) is 6.92 Å². The van der Waals surface area contributed by atoms with Gasteiger partial charge >= 0.3 is 0 Å². The summed E-state index contributed by atoms with van der Waals surface area (Å²) in [5.41, 5.74) is 0.299. The van der Waals surface area contributed by atoms with E-state index in [0.29, 0.717) is 23.1 Å². The van der Waals surface area contributed by atoms with Gasteiger partial charge in [0.05, 0.1) is 0 Å². The van der Waals surface area contributed by atoms with E-state index in [1.807, 2.05) is 0 Å². The Labute approximate surface area is 103 Å². The van der Waals surface area contributed by atoms with Crippen LogP contribution in [-0.2, 0) is 0 Å². The third-order valence-electron chi connectivity index (χ3n) is 2.23. The van der Waals surface area contributed by atoms with Crippen molar-refractivity contribution in [3.05, 3.63) is 41.7 Å². The normalized spacial score (nSPS) is 10.2. The highest BCUT2D eigenvalue weighted by Crippen LogP contribution is 2.19. The van der Waals surface area contributed by atoms with Crippen LogP contribution in [0.15, 0.2) is 24.3 Å². The van der Waals surface area contributed by atoms with Gasteiger partial charge in [-0.15, -0.1) is 0 Å². The first-order valence-corrected chi connectivity index (χ1v) is 5.33. The second-order valence-corrected chi connectivity index (χ2v) is 3.72. The Morgan fingerprint density at radius 2 is 1.56 bits per heavy atom. The Balaban J connectivity index is 2.30. The van der Waals surface area contributed by atoms with Crippen molar-refractivity contribution >= 4 is 17.3 Å². The van der Waals surface area contributed by atoms with Gasteiger partial charge in [-0.25, -0.2) is 18.7 Å². The van der Waals surface area contributed by atoms with Crippen LogP contribution in [0.5, 0.6) is 0 Å². The van der Waals surface area contributed by atoms with E-state index in [4.69, 9.17) is 0 Å². The molecule has 0 bridgehead atoms. The molecule has 0 aliphatic carbocycles. The monoisotopic (exact) mass is 250 g/mol. The zero-order valence-corrected chi connectivity index (χ0v) is 9.96. The predicted molar refractivity (Wildman–Crippen MR) is 66.0 cm³/mol. The SMILES string of the molecule is CNc1cc(Nc2cc(F)cc(F)c2)nc(C)n1. The van der Waals surface area contributed by atoms with Crippen LogP contribution in [0.25, 0.3) is 0 Å². The summed E-state index contributed by atoms with van der Waals surface area (Å²) in [7, 11) is 1.73. The van der Waals surface area contributed by atoms with Gasteiger partial charge in [-0.1, -0.05) is 0 Å². The first kappa shape index (κ1) is 12.2. The van der Waals surface area contributed by atoms with E-state index in [-0.39, 0.29) is 0 Å². The van der Waals surface area contributed by atoms with Gasteiger partial charge in [0.15, 0.2) is 0 Å². The minimum atomic E-state index is -0.642. The number of rotatable bonds is 3. The van der Waals surface area contributed by atoms with Gasteiger partial charge < -0.3 is 10.6 Å². The first-order valence-electron chi connectivity index (χ1n) is 5.33. The van der Waals surface area contributed by atoms with Crippen molar-refractivity contribution in [3.63, 3.8) is 0 Å². The summed E-state index contributed by atoms with van der Waals surface area (Å²) in [6, 6.07) is 4.85. The summed E-state index contributed by atoms with van der Waals surface area (Å²) in [5.74, 6) is 0.370. The molecule has 2 rings (SSSR count). The van der Waals surface area contributed by atoms with Crippen LogP contribution in [0, 0.1) is 18.6 Å². The highest BCUT2D eigenvalue weighted by atomic mass is 19.1. The number of benzene rings is 1. The maximum absolute atomic E-state index is 13.0. The molecule has 0 saturated heterocycles. The molecule has 18 heavy (non-hydrogen) atoms. The van der Waals surface area contributed by atoms with Crippen LogP contribution in [0.4, 0.5) is 26.1 Å². The molecule has 1 aromatic carbocycles. The lowest BCUT2D eigenvalue weighted by molar-refractivity contribution is 0.584. The second kappa shape index (κ2) is 4.95. The summed E-state index contributed by atoms with van der Waals surface area (Å²) >= 11 is 0. The highest BCUT2D eigenvalue weighted by Gasteiger charge is 2.04. The molecule has 0 aliphatic heterocycles. The molecule has 0 aliphatic rings. The summed E-state index contributed by atoms with van der Waals surface area (Å²) < 4.78 is 26.1. The van der Waals surface area contributed by atoms with Gasteiger partial charge in [0.25, 0.3) is 0 Å². The number of hydrogen-bond donors (Lipinski definition) is 2. The van der Waals surface area contributed by atoms with Crippen molar-refractivity contribution in [1.29, 1.82) is 0 Å². The van der Waals surface area contributed by atoms with Crippen molar-refractivity contribution in [3.8, 4) is 0 Å². The Bertz CT molecular complexity index is 552. The summed E-state index contributed by atoms with van der Waals surface area (Å²) in [6.07, 6.45) is 0. The van der Waals surface area contributed by atoms with Crippen molar-refractivity contribution in [2.75, 3.05) is 17.7 Å². The van der Waals surface area contributed by atoms with Crippen molar-refractivity contribution in [1.82, 2.24) is 9.97 Å². The zero-order chi connectivity index (χ0) is 13.1. The Kier molecular flexibility index (Phi) is 3.36. The number of aryl methyl sites for hydroxylation is 1. The molecule has 0 amide bonds. The van der Waals surface area contributed by atoms with Crippen LogP contribution >= 0.6 is 0 Å². The molecule has 2 N–H and O–H groups in total. The molecule has 0 fully saturated rings. The minimum absolute atomic E-state index is 0.299. The van der Waals surface area contributed by atoms with E-state index in [9.17, 15) is 8.78 Å². The number of nitrogens with zero attached hydrogens (tertiary/aromatic N) is 2. The minimum Gasteiger partial charge on any atom is -0.373 e. The molecule has 0 saturated carbocycles. The maximum Gasteiger partial charge on any atom is 0.136 e. The quantitative estimate of drug-likeness (QED) is 0.879. The molecular formula is C12H12F2N4. The summed E-state index contributed by atoms with van der Waals surface area (Å²) in [6.45, 7) is 1.73. The topological polar surface area (TPSA) is 49.8 Å². The maximum atomic E-state index is 13.0. The number of aromatic nitrogens is 2. The van der Waals surface area contributed by atoms with Crippen LogP contribution in [-0.4, -0.2) is 17.0 Å². The number of anilines is 3. The predicted octanol–water partition coefficient (Wildman–Crippen LogP) is 2.85. The number of nitrogens with one attached hydrogen (secondary N) is 2. The Morgan fingerprint density at radius 3 is 2.17 bits per heavy atom. The van der Waals surface area contributed by atoms with E-state index in [1.165, 1.54) is 12.1 Å². The lowest BCUT2D eigenvalue weighted by Crippen LogP contribution is -2.01. The molecule has 0 atom stereocenters. The van der Waals surface area contributed by atoms with E-state index >= 15 is 0 Å². The fraction of sp³-hybridized carbons (Fsp3) is 0.167. The first-order chi connectivity index (χ1) is 8.56. The average Bonchev–Trinajstić information content (AvgIpc) is 2.26. The molecule has 1 heterocycles. The summed E-state index contributed by atoms with van der Waals surface area (Å²) in [5, 5.41) is 5.71. The van der Waals surface area contributed by atoms with Gasteiger partial charge in [0.2, 0.25) is 0 Å². The lowest BCUT2D eigenvalue weighted by atomic mass is 10.3. The van der Waals surface area contributed by atoms with Gasteiger partial charge in [-0.2, -0.15) is 0 Å². The van der Waals surface area contributed by atoms with E-state index in [1.54, 1.807) is 20.0 Å². The van der Waals surface area contributed by atoms with E-state index in [2.05, 4.69) is 20.6 Å². The second-order valence-electron chi connectivity index (χ2n) is 3.72.